The first-order valence-electron chi connectivity index (χ1n) is 10.2. The number of rotatable bonds is 10. The van der Waals surface area contributed by atoms with Crippen molar-refractivity contribution in [2.45, 2.75) is 18.6 Å². The summed E-state index contributed by atoms with van der Waals surface area (Å²) in [7, 11) is -2.00. The Labute approximate surface area is 192 Å². The third-order valence-electron chi connectivity index (χ3n) is 5.13. The smallest absolute Gasteiger partial charge is 0.229 e. The molecule has 3 aromatic rings. The maximum absolute atomic E-state index is 13.3. The van der Waals surface area contributed by atoms with Gasteiger partial charge in [-0.15, -0.1) is 0 Å². The number of hydrogen-bond donors (Lipinski definition) is 4. The van der Waals surface area contributed by atoms with Crippen molar-refractivity contribution in [1.29, 1.82) is 0 Å². The first kappa shape index (κ1) is 24.5. The summed E-state index contributed by atoms with van der Waals surface area (Å²) in [5, 5.41) is 24.0. The van der Waals surface area contributed by atoms with Crippen LogP contribution in [0.3, 0.4) is 0 Å². The summed E-state index contributed by atoms with van der Waals surface area (Å²) in [6, 6.07) is 17.8. The van der Waals surface area contributed by atoms with E-state index in [-0.39, 0.29) is 29.8 Å². The van der Waals surface area contributed by atoms with E-state index in [0.717, 1.165) is 17.4 Å². The van der Waals surface area contributed by atoms with E-state index in [4.69, 9.17) is 4.74 Å². The standard InChI is InChI=1S/C24H27FN2O5S/c1-32-20-10-5-17(6-11-20)21(13-16-3-8-19(25)9-4-16)26-15-24(29)18-7-12-23(28)22(14-18)27-33(2,30)31/h3-12,14,21,24,26-29H,13,15H2,1-2H3/t21-,24-/m1/s1. The van der Waals surface area contributed by atoms with Gasteiger partial charge in [0.15, 0.2) is 0 Å². The second kappa shape index (κ2) is 10.7. The molecule has 0 radical (unpaired) electrons. The fraction of sp³-hybridized carbons (Fsp3) is 0.250. The van der Waals surface area contributed by atoms with Gasteiger partial charge in [0, 0.05) is 12.6 Å². The summed E-state index contributed by atoms with van der Waals surface area (Å²) < 4.78 is 43.8. The van der Waals surface area contributed by atoms with Crippen LogP contribution in [-0.4, -0.2) is 38.5 Å². The molecule has 0 unspecified atom stereocenters. The summed E-state index contributed by atoms with van der Waals surface area (Å²) in [5.74, 6) is 0.167. The van der Waals surface area contributed by atoms with Gasteiger partial charge in [-0.25, -0.2) is 12.8 Å². The summed E-state index contributed by atoms with van der Waals surface area (Å²) in [5.41, 5.74) is 2.30. The number of ether oxygens (including phenoxy) is 1. The highest BCUT2D eigenvalue weighted by atomic mass is 32.2. The monoisotopic (exact) mass is 474 g/mol. The van der Waals surface area contributed by atoms with E-state index in [1.54, 1.807) is 19.2 Å². The fourth-order valence-corrected chi connectivity index (χ4v) is 3.98. The highest BCUT2D eigenvalue weighted by Crippen LogP contribution is 2.28. The quantitative estimate of drug-likeness (QED) is 0.335. The Morgan fingerprint density at radius 3 is 2.24 bits per heavy atom. The number of sulfonamides is 1. The number of anilines is 1. The van der Waals surface area contributed by atoms with Gasteiger partial charge in [0.1, 0.15) is 17.3 Å². The zero-order valence-electron chi connectivity index (χ0n) is 18.3. The van der Waals surface area contributed by atoms with Gasteiger partial charge in [0.25, 0.3) is 0 Å². The van der Waals surface area contributed by atoms with Crippen LogP contribution >= 0.6 is 0 Å². The lowest BCUT2D eigenvalue weighted by Gasteiger charge is -2.22. The minimum atomic E-state index is -3.59. The van der Waals surface area contributed by atoms with Gasteiger partial charge in [-0.3, -0.25) is 4.72 Å². The van der Waals surface area contributed by atoms with Gasteiger partial charge < -0.3 is 20.3 Å². The van der Waals surface area contributed by atoms with Gasteiger partial charge in [0.05, 0.1) is 25.2 Å². The van der Waals surface area contributed by atoms with E-state index in [2.05, 4.69) is 10.0 Å². The Balaban J connectivity index is 1.77. The molecule has 176 valence electrons. The number of aromatic hydroxyl groups is 1. The Morgan fingerprint density at radius 2 is 1.64 bits per heavy atom. The van der Waals surface area contributed by atoms with Crippen molar-refractivity contribution in [3.05, 3.63) is 89.2 Å². The Kier molecular flexibility index (Phi) is 7.91. The summed E-state index contributed by atoms with van der Waals surface area (Å²) in [6.45, 7) is 0.154. The molecule has 0 aliphatic heterocycles. The predicted octanol–water partition coefficient (Wildman–Crippen LogP) is 3.52. The maximum Gasteiger partial charge on any atom is 0.229 e. The minimum absolute atomic E-state index is 0.00735. The minimum Gasteiger partial charge on any atom is -0.506 e. The number of benzene rings is 3. The molecule has 0 aliphatic carbocycles. The number of halogens is 1. The molecule has 0 bridgehead atoms. The number of phenolic OH excluding ortho intramolecular Hbond substituents is 1. The molecular weight excluding hydrogens is 447 g/mol. The lowest BCUT2D eigenvalue weighted by atomic mass is 9.98. The van der Waals surface area contributed by atoms with Crippen molar-refractivity contribution in [3.63, 3.8) is 0 Å². The number of hydrogen-bond acceptors (Lipinski definition) is 6. The van der Waals surface area contributed by atoms with Gasteiger partial charge in [-0.1, -0.05) is 30.3 Å². The SMILES string of the molecule is COc1ccc([C@@H](Cc2ccc(F)cc2)NC[C@@H](O)c2ccc(O)c(NS(C)(=O)=O)c2)cc1. The molecule has 0 saturated carbocycles. The Hall–Kier alpha value is -3.14. The van der Waals surface area contributed by atoms with Gasteiger partial charge in [-0.05, 0) is 59.5 Å². The summed E-state index contributed by atoms with van der Waals surface area (Å²) in [4.78, 5) is 0. The van der Waals surface area contributed by atoms with E-state index < -0.39 is 16.1 Å². The predicted molar refractivity (Wildman–Crippen MR) is 125 cm³/mol. The van der Waals surface area contributed by atoms with Crippen molar-refractivity contribution >= 4 is 15.7 Å². The van der Waals surface area contributed by atoms with Crippen LogP contribution in [0.4, 0.5) is 10.1 Å². The van der Waals surface area contributed by atoms with Crippen LogP contribution in [0.2, 0.25) is 0 Å². The second-order valence-electron chi connectivity index (χ2n) is 7.73. The van der Waals surface area contributed by atoms with Crippen molar-refractivity contribution in [1.82, 2.24) is 5.32 Å². The van der Waals surface area contributed by atoms with Crippen LogP contribution in [-0.2, 0) is 16.4 Å². The molecule has 4 N–H and O–H groups in total. The topological polar surface area (TPSA) is 108 Å². The van der Waals surface area contributed by atoms with Crippen molar-refractivity contribution < 1.29 is 27.8 Å². The number of aliphatic hydroxyl groups is 1. The molecule has 7 nitrogen and oxygen atoms in total. The van der Waals surface area contributed by atoms with E-state index in [1.807, 2.05) is 24.3 Å². The van der Waals surface area contributed by atoms with Crippen LogP contribution in [0.1, 0.15) is 28.8 Å². The number of nitrogens with one attached hydrogen (secondary N) is 2. The zero-order chi connectivity index (χ0) is 24.0. The van der Waals surface area contributed by atoms with Crippen LogP contribution in [0, 0.1) is 5.82 Å². The number of phenols is 1. The number of aliphatic hydroxyl groups excluding tert-OH is 1. The lowest BCUT2D eigenvalue weighted by molar-refractivity contribution is 0.169. The molecule has 3 rings (SSSR count). The molecule has 0 aliphatic rings. The molecule has 3 aromatic carbocycles. The van der Waals surface area contributed by atoms with E-state index in [1.165, 1.54) is 30.3 Å². The van der Waals surface area contributed by atoms with E-state index >= 15 is 0 Å². The van der Waals surface area contributed by atoms with Crippen LogP contribution < -0.4 is 14.8 Å². The van der Waals surface area contributed by atoms with Gasteiger partial charge >= 0.3 is 0 Å². The molecule has 0 aromatic heterocycles. The summed E-state index contributed by atoms with van der Waals surface area (Å²) in [6.07, 6.45) is 0.557. The zero-order valence-corrected chi connectivity index (χ0v) is 19.1. The summed E-state index contributed by atoms with van der Waals surface area (Å²) >= 11 is 0. The van der Waals surface area contributed by atoms with Gasteiger partial charge in [-0.2, -0.15) is 0 Å². The van der Waals surface area contributed by atoms with Gasteiger partial charge in [0.2, 0.25) is 10.0 Å². The molecule has 0 amide bonds. The molecule has 33 heavy (non-hydrogen) atoms. The third kappa shape index (κ3) is 7.18. The van der Waals surface area contributed by atoms with Crippen molar-refractivity contribution in [2.24, 2.45) is 0 Å². The number of methoxy groups -OCH3 is 1. The van der Waals surface area contributed by atoms with Crippen molar-refractivity contribution in [3.8, 4) is 11.5 Å². The fourth-order valence-electron chi connectivity index (χ4n) is 3.41. The molecular formula is C24H27FN2O5S. The van der Waals surface area contributed by atoms with E-state index in [0.29, 0.717) is 17.7 Å². The largest absolute Gasteiger partial charge is 0.506 e. The van der Waals surface area contributed by atoms with Crippen LogP contribution in [0.15, 0.2) is 66.7 Å². The van der Waals surface area contributed by atoms with Crippen LogP contribution in [0.25, 0.3) is 0 Å². The molecule has 9 heteroatoms. The first-order valence-corrected chi connectivity index (χ1v) is 12.1. The highest BCUT2D eigenvalue weighted by Gasteiger charge is 2.17. The molecule has 0 spiro atoms. The van der Waals surface area contributed by atoms with Crippen LogP contribution in [0.5, 0.6) is 11.5 Å². The van der Waals surface area contributed by atoms with Crippen molar-refractivity contribution in [2.75, 3.05) is 24.6 Å². The lowest BCUT2D eigenvalue weighted by Crippen LogP contribution is -2.28. The molecule has 2 atom stereocenters. The maximum atomic E-state index is 13.3. The molecule has 0 saturated heterocycles. The highest BCUT2D eigenvalue weighted by molar-refractivity contribution is 7.92. The van der Waals surface area contributed by atoms with E-state index in [9.17, 15) is 23.0 Å². The normalized spacial score (nSPS) is 13.3. The average Bonchev–Trinajstić information content (AvgIpc) is 2.78. The Bertz CT molecular complexity index is 1170. The molecule has 0 heterocycles. The average molecular weight is 475 g/mol. The second-order valence-corrected chi connectivity index (χ2v) is 9.48. The third-order valence-corrected chi connectivity index (χ3v) is 5.72. The first-order chi connectivity index (χ1) is 15.6. The molecule has 0 fully saturated rings. The Morgan fingerprint density at radius 1 is 1.00 bits per heavy atom.